The van der Waals surface area contributed by atoms with E-state index in [2.05, 4.69) is 57.1 Å². The van der Waals surface area contributed by atoms with Crippen molar-refractivity contribution in [3.8, 4) is 11.3 Å². The van der Waals surface area contributed by atoms with Crippen LogP contribution in [-0.4, -0.2) is 35.3 Å². The molecule has 5 heteroatoms. The van der Waals surface area contributed by atoms with Gasteiger partial charge in [-0.1, -0.05) is 49.6 Å². The van der Waals surface area contributed by atoms with Crippen LogP contribution in [0.4, 0.5) is 0 Å². The molecule has 4 aromatic rings. The SMILES string of the molecule is COC(=O)c1ccc2c(C3CCCCC3)c3n(c2c1)CCCn1cc(C2=CCNCC2)c2cccc-3c21. The Labute approximate surface area is 218 Å². The molecule has 1 N–H and O–H groups in total. The van der Waals surface area contributed by atoms with Gasteiger partial charge in [0.05, 0.1) is 23.9 Å². The van der Waals surface area contributed by atoms with Crippen molar-refractivity contribution >= 4 is 33.3 Å². The fraction of sp³-hybridized carbons (Fsp3) is 0.406. The van der Waals surface area contributed by atoms with E-state index in [0.29, 0.717) is 11.5 Å². The van der Waals surface area contributed by atoms with Crippen LogP contribution in [0.15, 0.2) is 48.7 Å². The Bertz CT molecular complexity index is 1550. The molecule has 1 saturated carbocycles. The van der Waals surface area contributed by atoms with Crippen LogP contribution in [0.3, 0.4) is 0 Å². The van der Waals surface area contributed by atoms with E-state index < -0.39 is 0 Å². The van der Waals surface area contributed by atoms with Gasteiger partial charge in [0.15, 0.2) is 0 Å². The Morgan fingerprint density at radius 1 is 1.00 bits per heavy atom. The van der Waals surface area contributed by atoms with Gasteiger partial charge in [0.1, 0.15) is 0 Å². The first-order chi connectivity index (χ1) is 18.2. The van der Waals surface area contributed by atoms with Gasteiger partial charge in [-0.15, -0.1) is 0 Å². The number of nitrogens with zero attached hydrogens (tertiary/aromatic N) is 2. The van der Waals surface area contributed by atoms with E-state index >= 15 is 0 Å². The number of fused-ring (bicyclic) bond motifs is 4. The third kappa shape index (κ3) is 3.66. The summed E-state index contributed by atoms with van der Waals surface area (Å²) < 4.78 is 10.1. The van der Waals surface area contributed by atoms with Crippen molar-refractivity contribution in [3.63, 3.8) is 0 Å². The largest absolute Gasteiger partial charge is 0.465 e. The molecule has 190 valence electrons. The van der Waals surface area contributed by atoms with Crippen molar-refractivity contribution in [2.75, 3.05) is 20.2 Å². The molecule has 0 spiro atoms. The highest BCUT2D eigenvalue weighted by atomic mass is 16.5. The molecule has 1 aliphatic carbocycles. The van der Waals surface area contributed by atoms with Gasteiger partial charge in [-0.2, -0.15) is 0 Å². The Balaban J connectivity index is 1.53. The first kappa shape index (κ1) is 22.9. The fourth-order valence-corrected chi connectivity index (χ4v) is 7.20. The number of para-hydroxylation sites is 1. The minimum Gasteiger partial charge on any atom is -0.465 e. The second-order valence-corrected chi connectivity index (χ2v) is 10.9. The molecule has 2 aliphatic heterocycles. The Morgan fingerprint density at radius 2 is 1.89 bits per heavy atom. The number of hydrogen-bond acceptors (Lipinski definition) is 3. The third-order valence-corrected chi connectivity index (χ3v) is 8.88. The predicted octanol–water partition coefficient (Wildman–Crippen LogP) is 6.88. The van der Waals surface area contributed by atoms with Crippen molar-refractivity contribution in [1.29, 1.82) is 0 Å². The highest BCUT2D eigenvalue weighted by Crippen LogP contribution is 2.47. The molecule has 0 radical (unpaired) electrons. The number of rotatable bonds is 3. The van der Waals surface area contributed by atoms with Crippen LogP contribution in [0, 0.1) is 0 Å². The summed E-state index contributed by atoms with van der Waals surface area (Å²) in [5.74, 6) is 0.291. The van der Waals surface area contributed by atoms with Crippen LogP contribution in [0.2, 0.25) is 0 Å². The quantitative estimate of drug-likeness (QED) is 0.317. The number of aryl methyl sites for hydroxylation is 2. The van der Waals surface area contributed by atoms with Gasteiger partial charge in [0.2, 0.25) is 0 Å². The predicted molar refractivity (Wildman–Crippen MR) is 150 cm³/mol. The summed E-state index contributed by atoms with van der Waals surface area (Å²) in [5, 5.41) is 6.15. The van der Waals surface area contributed by atoms with Gasteiger partial charge in [-0.05, 0) is 61.4 Å². The van der Waals surface area contributed by atoms with Crippen LogP contribution in [-0.2, 0) is 17.8 Å². The molecule has 0 amide bonds. The van der Waals surface area contributed by atoms with E-state index in [-0.39, 0.29) is 5.97 Å². The molecule has 1 fully saturated rings. The summed E-state index contributed by atoms with van der Waals surface area (Å²) in [4.78, 5) is 12.5. The van der Waals surface area contributed by atoms with Crippen LogP contribution < -0.4 is 5.32 Å². The van der Waals surface area contributed by atoms with Gasteiger partial charge in [-0.25, -0.2) is 4.79 Å². The highest BCUT2D eigenvalue weighted by Gasteiger charge is 2.30. The van der Waals surface area contributed by atoms with E-state index in [1.54, 1.807) is 0 Å². The van der Waals surface area contributed by atoms with E-state index in [9.17, 15) is 4.79 Å². The summed E-state index contributed by atoms with van der Waals surface area (Å²) >= 11 is 0. The van der Waals surface area contributed by atoms with E-state index in [1.807, 2.05) is 6.07 Å². The standard InChI is InChI=1S/C32H35N3O2/c1-37-32(36)23-11-12-25-28(19-23)35-18-6-17-34-20-27(21-13-15-33-16-14-21)24-9-5-10-26(30(24)34)31(35)29(25)22-7-3-2-4-8-22/h5,9-13,19-20,22,33H,2-4,6-8,14-18H2,1H3. The Hall–Kier alpha value is -3.31. The molecule has 37 heavy (non-hydrogen) atoms. The lowest BCUT2D eigenvalue weighted by Gasteiger charge is -2.25. The average Bonchev–Trinajstić information content (AvgIpc) is 3.48. The number of esters is 1. The molecule has 0 saturated heterocycles. The lowest BCUT2D eigenvalue weighted by molar-refractivity contribution is 0.0601. The van der Waals surface area contributed by atoms with Crippen molar-refractivity contribution in [1.82, 2.24) is 14.5 Å². The lowest BCUT2D eigenvalue weighted by atomic mass is 9.81. The van der Waals surface area contributed by atoms with Gasteiger partial charge in [0, 0.05) is 53.2 Å². The zero-order chi connectivity index (χ0) is 24.9. The maximum absolute atomic E-state index is 12.5. The summed E-state index contributed by atoms with van der Waals surface area (Å²) in [6.07, 6.45) is 13.3. The molecule has 0 bridgehead atoms. The Morgan fingerprint density at radius 3 is 2.70 bits per heavy atom. The van der Waals surface area contributed by atoms with E-state index in [0.717, 1.165) is 39.0 Å². The molecule has 7 rings (SSSR count). The summed E-state index contributed by atoms with van der Waals surface area (Å²) in [6, 6.07) is 13.1. The van der Waals surface area contributed by atoms with Gasteiger partial charge < -0.3 is 19.2 Å². The van der Waals surface area contributed by atoms with E-state index in [4.69, 9.17) is 4.74 Å². The number of benzene rings is 2. The summed E-state index contributed by atoms with van der Waals surface area (Å²) in [6.45, 7) is 3.93. The second-order valence-electron chi connectivity index (χ2n) is 10.9. The number of aromatic nitrogens is 2. The monoisotopic (exact) mass is 493 g/mol. The number of carbonyl (C=O) groups excluding carboxylic acids is 1. The lowest BCUT2D eigenvalue weighted by Crippen LogP contribution is -2.19. The Kier molecular flexibility index (Phi) is 5.69. The first-order valence-corrected chi connectivity index (χ1v) is 14.0. The zero-order valence-corrected chi connectivity index (χ0v) is 21.7. The molecular formula is C32H35N3O2. The number of hydrogen-bond donors (Lipinski definition) is 1. The van der Waals surface area contributed by atoms with Crippen LogP contribution >= 0.6 is 0 Å². The van der Waals surface area contributed by atoms with Crippen molar-refractivity contribution < 1.29 is 9.53 Å². The maximum atomic E-state index is 12.5. The molecule has 0 unspecified atom stereocenters. The molecule has 5 nitrogen and oxygen atoms in total. The third-order valence-electron chi connectivity index (χ3n) is 8.88. The first-order valence-electron chi connectivity index (χ1n) is 14.0. The second kappa shape index (κ2) is 9.21. The number of carbonyl (C=O) groups is 1. The molecule has 0 atom stereocenters. The number of ether oxygens (including phenoxy) is 1. The zero-order valence-electron chi connectivity index (χ0n) is 21.7. The fourth-order valence-electron chi connectivity index (χ4n) is 7.20. The topological polar surface area (TPSA) is 48.2 Å². The summed E-state index contributed by atoms with van der Waals surface area (Å²) in [5.41, 5.74) is 10.3. The molecule has 2 aromatic heterocycles. The minimum atomic E-state index is -0.265. The number of nitrogens with one attached hydrogen (secondary N) is 1. The van der Waals surface area contributed by atoms with Crippen LogP contribution in [0.1, 0.15) is 72.3 Å². The van der Waals surface area contributed by atoms with Crippen molar-refractivity contribution in [2.45, 2.75) is 64.0 Å². The van der Waals surface area contributed by atoms with Crippen molar-refractivity contribution in [2.24, 2.45) is 0 Å². The molecule has 3 aliphatic rings. The van der Waals surface area contributed by atoms with Crippen LogP contribution in [0.5, 0.6) is 0 Å². The number of methoxy groups -OCH3 is 1. The molecule has 4 heterocycles. The normalized spacial score (nSPS) is 18.4. The minimum absolute atomic E-state index is 0.265. The smallest absolute Gasteiger partial charge is 0.337 e. The summed E-state index contributed by atoms with van der Waals surface area (Å²) in [7, 11) is 1.47. The molecular weight excluding hydrogens is 458 g/mol. The maximum Gasteiger partial charge on any atom is 0.337 e. The van der Waals surface area contributed by atoms with Gasteiger partial charge in [-0.3, -0.25) is 0 Å². The van der Waals surface area contributed by atoms with E-state index in [1.165, 1.54) is 89.0 Å². The molecule has 2 aromatic carbocycles. The van der Waals surface area contributed by atoms with Crippen LogP contribution in [0.25, 0.3) is 38.6 Å². The highest BCUT2D eigenvalue weighted by molar-refractivity contribution is 6.05. The van der Waals surface area contributed by atoms with Gasteiger partial charge >= 0.3 is 5.97 Å². The average molecular weight is 494 g/mol. The van der Waals surface area contributed by atoms with Gasteiger partial charge in [0.25, 0.3) is 0 Å². The van der Waals surface area contributed by atoms with Crippen molar-refractivity contribution in [3.05, 3.63) is 65.4 Å².